The maximum absolute atomic E-state index is 13.1. The Morgan fingerprint density at radius 2 is 1.85 bits per heavy atom. The monoisotopic (exact) mass is 485 g/mol. The lowest BCUT2D eigenvalue weighted by Crippen LogP contribution is -2.40. The summed E-state index contributed by atoms with van der Waals surface area (Å²) >= 11 is 0. The number of carbonyl (C=O) groups is 1. The largest absolute Gasteiger partial charge is 0.497 e. The number of anilines is 1. The topological polar surface area (TPSA) is 112 Å². The first-order chi connectivity index (χ1) is 16.1. The number of nitrogens with one attached hydrogen (secondary N) is 2. The molecule has 3 aromatic rings. The van der Waals surface area contributed by atoms with Gasteiger partial charge in [0.2, 0.25) is 0 Å². The molecule has 1 aliphatic heterocycles. The number of para-hydroxylation sites is 1. The highest BCUT2D eigenvalue weighted by Crippen LogP contribution is 2.29. The Kier molecular flexibility index (Phi) is 6.60. The van der Waals surface area contributed by atoms with E-state index in [-0.39, 0.29) is 10.8 Å². The summed E-state index contributed by atoms with van der Waals surface area (Å²) in [6.45, 7) is 4.89. The molecule has 0 atom stereocenters. The number of likely N-dealkylation sites (tertiary alicyclic amines) is 1. The van der Waals surface area contributed by atoms with Crippen LogP contribution in [0, 0.1) is 5.92 Å². The summed E-state index contributed by atoms with van der Waals surface area (Å²) in [6, 6.07) is 13.1. The first kappa shape index (κ1) is 24.1. The number of sulfonamides is 1. The molecule has 8 nitrogen and oxygen atoms in total. The van der Waals surface area contributed by atoms with Gasteiger partial charge in [0, 0.05) is 18.5 Å². The minimum absolute atomic E-state index is 0.109. The molecule has 1 aromatic heterocycles. The summed E-state index contributed by atoms with van der Waals surface area (Å²) in [4.78, 5) is 18.2. The van der Waals surface area contributed by atoms with Crippen molar-refractivity contribution in [2.24, 2.45) is 5.92 Å². The zero-order valence-corrected chi connectivity index (χ0v) is 20.5. The van der Waals surface area contributed by atoms with Crippen LogP contribution in [0.2, 0.25) is 0 Å². The van der Waals surface area contributed by atoms with E-state index in [4.69, 9.17) is 4.74 Å². The van der Waals surface area contributed by atoms with Gasteiger partial charge in [-0.15, -0.1) is 0 Å². The van der Waals surface area contributed by atoms with Crippen LogP contribution in [0.5, 0.6) is 5.75 Å². The number of benzene rings is 2. The van der Waals surface area contributed by atoms with Crippen LogP contribution >= 0.6 is 0 Å². The fraction of sp³-hybridized carbons (Fsp3) is 0.400. The molecule has 0 spiro atoms. The van der Waals surface area contributed by atoms with E-state index in [0.717, 1.165) is 24.6 Å². The van der Waals surface area contributed by atoms with Crippen LogP contribution in [0.3, 0.4) is 0 Å². The minimum atomic E-state index is -3.82. The van der Waals surface area contributed by atoms with Gasteiger partial charge in [-0.05, 0) is 75.4 Å². The van der Waals surface area contributed by atoms with E-state index >= 15 is 0 Å². The van der Waals surface area contributed by atoms with Crippen molar-refractivity contribution in [2.45, 2.75) is 43.6 Å². The number of amides is 1. The minimum Gasteiger partial charge on any atom is -0.497 e. The van der Waals surface area contributed by atoms with E-state index in [1.54, 1.807) is 30.3 Å². The number of methoxy groups -OCH3 is 1. The van der Waals surface area contributed by atoms with Crippen LogP contribution in [0.15, 0.2) is 53.4 Å². The Hall–Kier alpha value is -3.04. The van der Waals surface area contributed by atoms with Gasteiger partial charge in [-0.3, -0.25) is 9.52 Å². The van der Waals surface area contributed by atoms with Gasteiger partial charge < -0.3 is 19.7 Å². The van der Waals surface area contributed by atoms with Crippen molar-refractivity contribution in [3.05, 3.63) is 54.2 Å². The van der Waals surface area contributed by atoms with Gasteiger partial charge in [0.05, 0.1) is 28.8 Å². The van der Waals surface area contributed by atoms with Crippen molar-refractivity contribution in [1.29, 1.82) is 0 Å². The highest BCUT2D eigenvalue weighted by atomic mass is 32.2. The van der Waals surface area contributed by atoms with Crippen LogP contribution in [0.25, 0.3) is 10.9 Å². The Balaban J connectivity index is 1.51. The Labute approximate surface area is 200 Å². The van der Waals surface area contributed by atoms with Crippen LogP contribution in [-0.4, -0.2) is 55.1 Å². The molecule has 2 aromatic carbocycles. The van der Waals surface area contributed by atoms with Gasteiger partial charge >= 0.3 is 0 Å². The van der Waals surface area contributed by atoms with Crippen LogP contribution in [0.1, 0.15) is 43.6 Å². The van der Waals surface area contributed by atoms with Crippen molar-refractivity contribution in [3.8, 4) is 5.75 Å². The molecule has 0 unspecified atom stereocenters. The third kappa shape index (κ3) is 5.37. The second kappa shape index (κ2) is 9.31. The molecule has 3 N–H and O–H groups in total. The Morgan fingerprint density at radius 3 is 2.47 bits per heavy atom. The molecule has 0 saturated carbocycles. The molecule has 9 heteroatoms. The molecule has 1 fully saturated rings. The van der Waals surface area contributed by atoms with E-state index in [2.05, 4.69) is 9.71 Å². The Bertz CT molecular complexity index is 1270. The van der Waals surface area contributed by atoms with Crippen LogP contribution in [-0.2, 0) is 10.0 Å². The van der Waals surface area contributed by atoms with Crippen molar-refractivity contribution >= 4 is 32.5 Å². The van der Waals surface area contributed by atoms with E-state index in [9.17, 15) is 18.3 Å². The summed E-state index contributed by atoms with van der Waals surface area (Å²) < 4.78 is 33.5. The predicted molar refractivity (Wildman–Crippen MR) is 132 cm³/mol. The number of nitrogens with zero attached hydrogens (tertiary/aromatic N) is 1. The Morgan fingerprint density at radius 1 is 1.18 bits per heavy atom. The van der Waals surface area contributed by atoms with E-state index in [1.165, 1.54) is 19.2 Å². The lowest BCUT2D eigenvalue weighted by molar-refractivity contribution is 0.0357. The number of hydrogen-bond donors (Lipinski definition) is 3. The number of rotatable bonds is 7. The number of H-pyrrole nitrogens is 1. The van der Waals surface area contributed by atoms with Gasteiger partial charge in [0.25, 0.3) is 15.9 Å². The summed E-state index contributed by atoms with van der Waals surface area (Å²) in [6.07, 6.45) is 2.42. The quantitative estimate of drug-likeness (QED) is 0.469. The maximum atomic E-state index is 13.1. The zero-order chi connectivity index (χ0) is 24.5. The number of hydrogen-bond acceptors (Lipinski definition) is 5. The second-order valence-electron chi connectivity index (χ2n) is 9.49. The fourth-order valence-corrected chi connectivity index (χ4v) is 5.60. The average molecular weight is 486 g/mol. The molecule has 34 heavy (non-hydrogen) atoms. The van der Waals surface area contributed by atoms with Crippen molar-refractivity contribution in [1.82, 2.24) is 9.88 Å². The van der Waals surface area contributed by atoms with Crippen molar-refractivity contribution in [3.63, 3.8) is 0 Å². The molecule has 2 heterocycles. The molecule has 0 aliphatic carbocycles. The zero-order valence-electron chi connectivity index (χ0n) is 19.7. The predicted octanol–water partition coefficient (Wildman–Crippen LogP) is 3.99. The molecule has 1 amide bonds. The van der Waals surface area contributed by atoms with Gasteiger partial charge in [-0.2, -0.15) is 0 Å². The van der Waals surface area contributed by atoms with E-state index in [0.29, 0.717) is 41.7 Å². The number of aliphatic hydroxyl groups is 1. The van der Waals surface area contributed by atoms with Gasteiger partial charge in [-0.1, -0.05) is 12.1 Å². The number of fused-ring (bicyclic) bond motifs is 1. The lowest BCUT2D eigenvalue weighted by atomic mass is 9.86. The number of ether oxygens (including phenoxy) is 1. The van der Waals surface area contributed by atoms with E-state index in [1.807, 2.05) is 24.8 Å². The average Bonchev–Trinajstić information content (AvgIpc) is 3.23. The first-order valence-corrected chi connectivity index (χ1v) is 12.8. The highest BCUT2D eigenvalue weighted by molar-refractivity contribution is 7.92. The van der Waals surface area contributed by atoms with Gasteiger partial charge in [0.15, 0.2) is 0 Å². The summed E-state index contributed by atoms with van der Waals surface area (Å²) in [5.74, 6) is 0.852. The SMILES string of the molecule is COc1ccc(S(=O)(=O)Nc2cccc3cc(C(=O)N4CCC(CC(C)(C)O)CC4)[nH]c23)cc1. The number of aromatic nitrogens is 1. The van der Waals surface area contributed by atoms with Gasteiger partial charge in [-0.25, -0.2) is 8.42 Å². The van der Waals surface area contributed by atoms with E-state index < -0.39 is 15.6 Å². The molecule has 4 rings (SSSR count). The molecule has 182 valence electrons. The summed E-state index contributed by atoms with van der Waals surface area (Å²) in [7, 11) is -2.31. The first-order valence-electron chi connectivity index (χ1n) is 11.4. The molecule has 0 radical (unpaired) electrons. The molecular formula is C25H31N3O5S. The molecule has 1 saturated heterocycles. The van der Waals surface area contributed by atoms with Crippen LogP contribution in [0.4, 0.5) is 5.69 Å². The lowest BCUT2D eigenvalue weighted by Gasteiger charge is -2.34. The normalized spacial score (nSPS) is 15.5. The summed E-state index contributed by atoms with van der Waals surface area (Å²) in [5, 5.41) is 10.8. The third-order valence-electron chi connectivity index (χ3n) is 6.19. The standard InChI is InChI=1S/C25H31N3O5S/c1-25(2,30)16-17-11-13-28(14-12-17)24(29)22-15-18-5-4-6-21(23(18)26-22)27-34(31,32)20-9-7-19(33-3)8-10-20/h4-10,15,17,26-27,30H,11-14,16H2,1-3H3. The number of piperidine rings is 1. The fourth-order valence-electron chi connectivity index (χ4n) is 4.53. The highest BCUT2D eigenvalue weighted by Gasteiger charge is 2.28. The molecular weight excluding hydrogens is 454 g/mol. The number of aromatic amines is 1. The van der Waals surface area contributed by atoms with Crippen LogP contribution < -0.4 is 9.46 Å². The third-order valence-corrected chi connectivity index (χ3v) is 7.57. The summed E-state index contributed by atoms with van der Waals surface area (Å²) in [5.41, 5.74) is 0.645. The maximum Gasteiger partial charge on any atom is 0.270 e. The van der Waals surface area contributed by atoms with Crippen molar-refractivity contribution in [2.75, 3.05) is 24.9 Å². The smallest absolute Gasteiger partial charge is 0.270 e. The molecule has 1 aliphatic rings. The molecule has 0 bridgehead atoms. The number of carbonyl (C=O) groups excluding carboxylic acids is 1. The second-order valence-corrected chi connectivity index (χ2v) is 11.2. The van der Waals surface area contributed by atoms with Crippen molar-refractivity contribution < 1.29 is 23.1 Å². The van der Waals surface area contributed by atoms with Gasteiger partial charge in [0.1, 0.15) is 11.4 Å².